The minimum absolute atomic E-state index is 0.0468. The van der Waals surface area contributed by atoms with Crippen LogP contribution in [0.15, 0.2) is 46.9 Å². The van der Waals surface area contributed by atoms with Crippen LogP contribution in [0.2, 0.25) is 0 Å². The largest absolute Gasteiger partial charge is 0.462 e. The Balaban J connectivity index is 2.19. The topological polar surface area (TPSA) is 95.7 Å². The molecule has 0 aliphatic rings. The number of benzene rings is 2. The smallest absolute Gasteiger partial charge is 0.343 e. The van der Waals surface area contributed by atoms with E-state index in [1.807, 2.05) is 0 Å². The van der Waals surface area contributed by atoms with Crippen LogP contribution in [-0.2, 0) is 4.74 Å². The van der Waals surface area contributed by atoms with E-state index in [1.165, 1.54) is 36.4 Å². The Morgan fingerprint density at radius 2 is 1.83 bits per heavy atom. The summed E-state index contributed by atoms with van der Waals surface area (Å²) in [5, 5.41) is 10.7. The van der Waals surface area contributed by atoms with E-state index in [1.54, 1.807) is 6.92 Å². The average Bonchev–Trinajstić information content (AvgIpc) is 2.56. The lowest BCUT2D eigenvalue weighted by molar-refractivity contribution is -0.384. The molecule has 0 saturated carbocycles. The fourth-order valence-corrected chi connectivity index (χ4v) is 2.29. The zero-order valence-electron chi connectivity index (χ0n) is 12.5. The van der Waals surface area contributed by atoms with Gasteiger partial charge in [-0.15, -0.1) is 0 Å². The van der Waals surface area contributed by atoms with Gasteiger partial charge < -0.3 is 9.47 Å². The van der Waals surface area contributed by atoms with Crippen molar-refractivity contribution in [2.24, 2.45) is 0 Å². The fraction of sp³-hybridized carbons (Fsp3) is 0.125. The Morgan fingerprint density at radius 1 is 1.12 bits per heavy atom. The van der Waals surface area contributed by atoms with Gasteiger partial charge in [0.1, 0.15) is 5.75 Å². The first-order chi connectivity index (χ1) is 11.4. The zero-order valence-corrected chi connectivity index (χ0v) is 14.1. The van der Waals surface area contributed by atoms with Gasteiger partial charge in [0.2, 0.25) is 0 Å². The molecule has 8 heteroatoms. The van der Waals surface area contributed by atoms with Crippen molar-refractivity contribution in [3.05, 3.63) is 68.2 Å². The Bertz CT molecular complexity index is 805. The van der Waals surface area contributed by atoms with Crippen molar-refractivity contribution in [1.82, 2.24) is 0 Å². The number of non-ortho nitro benzene ring substituents is 1. The summed E-state index contributed by atoms with van der Waals surface area (Å²) < 4.78 is 10.5. The number of rotatable bonds is 5. The number of carbonyl (C=O) groups is 2. The van der Waals surface area contributed by atoms with E-state index in [-0.39, 0.29) is 23.6 Å². The van der Waals surface area contributed by atoms with Crippen LogP contribution >= 0.6 is 15.9 Å². The summed E-state index contributed by atoms with van der Waals surface area (Å²) in [4.78, 5) is 33.9. The van der Waals surface area contributed by atoms with Crippen molar-refractivity contribution >= 4 is 33.6 Å². The molecule has 0 fully saturated rings. The van der Waals surface area contributed by atoms with Crippen molar-refractivity contribution < 1.29 is 24.0 Å². The highest BCUT2D eigenvalue weighted by molar-refractivity contribution is 9.10. The molecule has 2 aromatic rings. The molecule has 24 heavy (non-hydrogen) atoms. The molecule has 0 aliphatic carbocycles. The number of hydrogen-bond acceptors (Lipinski definition) is 6. The third-order valence-electron chi connectivity index (χ3n) is 2.94. The van der Waals surface area contributed by atoms with Crippen molar-refractivity contribution in [2.45, 2.75) is 6.92 Å². The summed E-state index contributed by atoms with van der Waals surface area (Å²) in [7, 11) is 0. The standard InChI is InChI=1S/C16H12BrNO6/c1-2-23-15(19)11-6-7-14(13(17)9-11)24-16(20)10-4-3-5-12(8-10)18(21)22/h3-9H,2H2,1H3. The Morgan fingerprint density at radius 3 is 2.46 bits per heavy atom. The van der Waals surface area contributed by atoms with Crippen molar-refractivity contribution in [2.75, 3.05) is 6.61 Å². The molecule has 0 spiro atoms. The maximum Gasteiger partial charge on any atom is 0.343 e. The molecule has 0 atom stereocenters. The van der Waals surface area contributed by atoms with Gasteiger partial charge in [0.05, 0.1) is 27.1 Å². The molecule has 0 heterocycles. The summed E-state index contributed by atoms with van der Waals surface area (Å²) in [6.45, 7) is 1.95. The van der Waals surface area contributed by atoms with Crippen LogP contribution in [-0.4, -0.2) is 23.5 Å². The van der Waals surface area contributed by atoms with Crippen LogP contribution in [0.3, 0.4) is 0 Å². The van der Waals surface area contributed by atoms with Crippen molar-refractivity contribution in [1.29, 1.82) is 0 Å². The van der Waals surface area contributed by atoms with Crippen molar-refractivity contribution in [3.63, 3.8) is 0 Å². The maximum absolute atomic E-state index is 12.1. The third kappa shape index (κ3) is 4.17. The average molecular weight is 394 g/mol. The first kappa shape index (κ1) is 17.6. The van der Waals surface area contributed by atoms with Gasteiger partial charge in [-0.1, -0.05) is 6.07 Å². The molecule has 0 aromatic heterocycles. The van der Waals surface area contributed by atoms with E-state index in [2.05, 4.69) is 15.9 Å². The Hall–Kier alpha value is -2.74. The van der Waals surface area contributed by atoms with Gasteiger partial charge in [0.15, 0.2) is 0 Å². The highest BCUT2D eigenvalue weighted by atomic mass is 79.9. The van der Waals surface area contributed by atoms with Crippen LogP contribution in [0.25, 0.3) is 0 Å². The van der Waals surface area contributed by atoms with E-state index >= 15 is 0 Å². The SMILES string of the molecule is CCOC(=O)c1ccc(OC(=O)c2cccc([N+](=O)[O-])c2)c(Br)c1. The van der Waals surface area contributed by atoms with Crippen molar-refractivity contribution in [3.8, 4) is 5.75 Å². The highest BCUT2D eigenvalue weighted by Crippen LogP contribution is 2.27. The van der Waals surface area contributed by atoms with Crippen LogP contribution in [0, 0.1) is 10.1 Å². The van der Waals surface area contributed by atoms with Crippen LogP contribution in [0.4, 0.5) is 5.69 Å². The summed E-state index contributed by atoms with van der Waals surface area (Å²) in [6.07, 6.45) is 0. The number of esters is 2. The molecule has 2 rings (SSSR count). The number of nitro benzene ring substituents is 1. The van der Waals surface area contributed by atoms with Gasteiger partial charge in [0, 0.05) is 12.1 Å². The Labute approximate surface area is 145 Å². The molecule has 0 saturated heterocycles. The second-order valence-corrected chi connectivity index (χ2v) is 5.42. The molecule has 0 aliphatic heterocycles. The maximum atomic E-state index is 12.1. The third-order valence-corrected chi connectivity index (χ3v) is 3.56. The number of ether oxygens (including phenoxy) is 2. The molecule has 124 valence electrons. The molecular formula is C16H12BrNO6. The zero-order chi connectivity index (χ0) is 17.7. The predicted octanol–water partition coefficient (Wildman–Crippen LogP) is 3.75. The summed E-state index contributed by atoms with van der Waals surface area (Å²) >= 11 is 3.21. The number of nitro groups is 1. The lowest BCUT2D eigenvalue weighted by Crippen LogP contribution is -2.10. The number of nitrogens with zero attached hydrogens (tertiary/aromatic N) is 1. The molecule has 0 N–H and O–H groups in total. The monoisotopic (exact) mass is 393 g/mol. The first-order valence-electron chi connectivity index (χ1n) is 6.85. The molecule has 0 radical (unpaired) electrons. The van der Waals surface area contributed by atoms with E-state index < -0.39 is 16.9 Å². The Kier molecular flexibility index (Phi) is 5.64. The minimum Gasteiger partial charge on any atom is -0.462 e. The number of hydrogen-bond donors (Lipinski definition) is 0. The summed E-state index contributed by atoms with van der Waals surface area (Å²) in [5.74, 6) is -1.06. The normalized spacial score (nSPS) is 10.1. The summed E-state index contributed by atoms with van der Waals surface area (Å²) in [6, 6.07) is 9.58. The number of carbonyl (C=O) groups excluding carboxylic acids is 2. The molecule has 0 bridgehead atoms. The first-order valence-corrected chi connectivity index (χ1v) is 7.65. The molecule has 0 amide bonds. The van der Waals surface area contributed by atoms with E-state index in [0.717, 1.165) is 6.07 Å². The number of halogens is 1. The molecule has 2 aromatic carbocycles. The van der Waals surface area contributed by atoms with Gasteiger partial charge in [-0.05, 0) is 47.1 Å². The lowest BCUT2D eigenvalue weighted by Gasteiger charge is -2.08. The summed E-state index contributed by atoms with van der Waals surface area (Å²) in [5.41, 5.74) is 0.144. The predicted molar refractivity (Wildman–Crippen MR) is 88.2 cm³/mol. The quantitative estimate of drug-likeness (QED) is 0.332. The van der Waals surface area contributed by atoms with Gasteiger partial charge >= 0.3 is 11.9 Å². The van der Waals surface area contributed by atoms with Crippen LogP contribution < -0.4 is 4.74 Å². The fourth-order valence-electron chi connectivity index (χ4n) is 1.83. The molecule has 7 nitrogen and oxygen atoms in total. The van der Waals surface area contributed by atoms with E-state index in [0.29, 0.717) is 10.0 Å². The van der Waals surface area contributed by atoms with Gasteiger partial charge in [-0.3, -0.25) is 10.1 Å². The second kappa shape index (κ2) is 7.69. The molecular weight excluding hydrogens is 382 g/mol. The lowest BCUT2D eigenvalue weighted by atomic mass is 10.2. The van der Waals surface area contributed by atoms with Crippen LogP contribution in [0.1, 0.15) is 27.6 Å². The van der Waals surface area contributed by atoms with E-state index in [4.69, 9.17) is 9.47 Å². The van der Waals surface area contributed by atoms with Gasteiger partial charge in [-0.25, -0.2) is 9.59 Å². The highest BCUT2D eigenvalue weighted by Gasteiger charge is 2.16. The van der Waals surface area contributed by atoms with Gasteiger partial charge in [0.25, 0.3) is 5.69 Å². The molecule has 0 unspecified atom stereocenters. The van der Waals surface area contributed by atoms with Gasteiger partial charge in [-0.2, -0.15) is 0 Å². The second-order valence-electron chi connectivity index (χ2n) is 4.56. The van der Waals surface area contributed by atoms with Crippen LogP contribution in [0.5, 0.6) is 5.75 Å². The van der Waals surface area contributed by atoms with E-state index in [9.17, 15) is 19.7 Å². The minimum atomic E-state index is -0.747.